The molecule has 0 fully saturated rings. The van der Waals surface area contributed by atoms with Gasteiger partial charge in [0.2, 0.25) is 0 Å². The van der Waals surface area contributed by atoms with Gasteiger partial charge in [0.05, 0.1) is 16.9 Å². The van der Waals surface area contributed by atoms with Crippen molar-refractivity contribution in [2.24, 2.45) is 0 Å². The molecule has 0 aliphatic heterocycles. The van der Waals surface area contributed by atoms with Crippen molar-refractivity contribution >= 4 is 23.0 Å². The maximum Gasteiger partial charge on any atom is 0.335 e. The number of halogens is 2. The molecule has 0 heterocycles. The second-order valence-corrected chi connectivity index (χ2v) is 5.44. The average Bonchev–Trinajstić information content (AvgIpc) is 2.57. The van der Waals surface area contributed by atoms with Crippen LogP contribution < -0.4 is 11.1 Å². The van der Waals surface area contributed by atoms with Crippen molar-refractivity contribution in [2.75, 3.05) is 11.1 Å². The highest BCUT2D eigenvalue weighted by Gasteiger charge is 2.09. The minimum atomic E-state index is -1.06. The number of nitrogens with two attached hydrogens (primary N) is 1. The van der Waals surface area contributed by atoms with Gasteiger partial charge >= 0.3 is 5.97 Å². The summed E-state index contributed by atoms with van der Waals surface area (Å²) >= 11 is 0. The molecule has 0 aromatic heterocycles. The van der Waals surface area contributed by atoms with E-state index in [2.05, 4.69) is 5.32 Å². The van der Waals surface area contributed by atoms with Crippen LogP contribution in [0.2, 0.25) is 0 Å². The highest BCUT2D eigenvalue weighted by Crippen LogP contribution is 2.29. The van der Waals surface area contributed by atoms with Crippen LogP contribution in [0.3, 0.4) is 0 Å². The molecule has 126 valence electrons. The predicted octanol–water partition coefficient (Wildman–Crippen LogP) is 4.66. The van der Waals surface area contributed by atoms with Gasteiger partial charge in [0, 0.05) is 17.3 Å². The van der Waals surface area contributed by atoms with Gasteiger partial charge in [-0.25, -0.2) is 13.6 Å². The molecule has 0 unspecified atom stereocenters. The first-order valence-corrected chi connectivity index (χ1v) is 7.39. The number of anilines is 3. The second-order valence-electron chi connectivity index (χ2n) is 5.44. The number of carbonyl (C=O) groups is 1. The number of carboxylic acids is 1. The van der Waals surface area contributed by atoms with E-state index < -0.39 is 17.6 Å². The Labute approximate surface area is 142 Å². The molecule has 0 amide bonds. The first kappa shape index (κ1) is 16.4. The zero-order chi connectivity index (χ0) is 18.0. The largest absolute Gasteiger partial charge is 0.478 e. The molecular formula is C19H14F2N2O2. The van der Waals surface area contributed by atoms with Gasteiger partial charge in [-0.2, -0.15) is 0 Å². The monoisotopic (exact) mass is 340 g/mol. The molecular weight excluding hydrogens is 326 g/mol. The molecule has 0 saturated heterocycles. The summed E-state index contributed by atoms with van der Waals surface area (Å²) in [5.74, 6) is -2.37. The van der Waals surface area contributed by atoms with Gasteiger partial charge < -0.3 is 16.2 Å². The van der Waals surface area contributed by atoms with Crippen molar-refractivity contribution in [3.05, 3.63) is 77.9 Å². The third kappa shape index (κ3) is 3.58. The van der Waals surface area contributed by atoms with Crippen molar-refractivity contribution in [3.63, 3.8) is 0 Å². The molecule has 3 aromatic carbocycles. The standard InChI is InChI=1S/C19H14F2N2O2/c20-13-5-6-15(16(21)10-13)11-2-1-3-14(8-11)23-18-9-12(19(24)25)4-7-17(18)22/h1-10,23H,22H2,(H,24,25). The molecule has 0 saturated carbocycles. The molecule has 0 bridgehead atoms. The van der Waals surface area contributed by atoms with Gasteiger partial charge in [-0.15, -0.1) is 0 Å². The van der Waals surface area contributed by atoms with Crippen molar-refractivity contribution in [1.82, 2.24) is 0 Å². The first-order valence-electron chi connectivity index (χ1n) is 7.39. The van der Waals surface area contributed by atoms with Crippen LogP contribution in [0, 0.1) is 11.6 Å². The topological polar surface area (TPSA) is 75.4 Å². The summed E-state index contributed by atoms with van der Waals surface area (Å²) in [6.07, 6.45) is 0. The molecule has 0 spiro atoms. The fraction of sp³-hybridized carbons (Fsp3) is 0. The summed E-state index contributed by atoms with van der Waals surface area (Å²) < 4.78 is 27.0. The summed E-state index contributed by atoms with van der Waals surface area (Å²) in [7, 11) is 0. The van der Waals surface area contributed by atoms with Gasteiger partial charge in [-0.05, 0) is 48.0 Å². The Kier molecular flexibility index (Phi) is 4.35. The molecule has 0 aliphatic carbocycles. The van der Waals surface area contributed by atoms with Crippen LogP contribution in [0.1, 0.15) is 10.4 Å². The minimum Gasteiger partial charge on any atom is -0.478 e. The summed E-state index contributed by atoms with van der Waals surface area (Å²) in [5.41, 5.74) is 8.18. The van der Waals surface area contributed by atoms with Crippen molar-refractivity contribution in [1.29, 1.82) is 0 Å². The Hall–Kier alpha value is -3.41. The lowest BCUT2D eigenvalue weighted by Gasteiger charge is -2.12. The van der Waals surface area contributed by atoms with Gasteiger partial charge in [0.15, 0.2) is 0 Å². The summed E-state index contributed by atoms with van der Waals surface area (Å²) in [5, 5.41) is 12.1. The number of hydrogen-bond acceptors (Lipinski definition) is 3. The SMILES string of the molecule is Nc1ccc(C(=O)O)cc1Nc1cccc(-c2ccc(F)cc2F)c1. The number of benzene rings is 3. The van der Waals surface area contributed by atoms with Gasteiger partial charge in [0.1, 0.15) is 11.6 Å². The molecule has 25 heavy (non-hydrogen) atoms. The number of nitrogen functional groups attached to an aromatic ring is 1. The molecule has 6 heteroatoms. The van der Waals surface area contributed by atoms with Crippen molar-refractivity contribution in [2.45, 2.75) is 0 Å². The quantitative estimate of drug-likeness (QED) is 0.604. The van der Waals surface area contributed by atoms with E-state index >= 15 is 0 Å². The van der Waals surface area contributed by atoms with Crippen LogP contribution in [0.25, 0.3) is 11.1 Å². The fourth-order valence-electron chi connectivity index (χ4n) is 2.44. The van der Waals surface area contributed by atoms with Crippen LogP contribution in [0.5, 0.6) is 0 Å². The van der Waals surface area contributed by atoms with Crippen LogP contribution in [0.15, 0.2) is 60.7 Å². The van der Waals surface area contributed by atoms with E-state index in [-0.39, 0.29) is 11.1 Å². The van der Waals surface area contributed by atoms with E-state index in [1.165, 1.54) is 30.3 Å². The molecule has 3 aromatic rings. The zero-order valence-electron chi connectivity index (χ0n) is 13.0. The Morgan fingerprint density at radius 2 is 1.80 bits per heavy atom. The predicted molar refractivity (Wildman–Crippen MR) is 92.9 cm³/mol. The van der Waals surface area contributed by atoms with E-state index in [9.17, 15) is 13.6 Å². The molecule has 0 aliphatic rings. The van der Waals surface area contributed by atoms with E-state index in [4.69, 9.17) is 10.8 Å². The molecule has 4 nitrogen and oxygen atoms in total. The maximum atomic E-state index is 14.0. The molecule has 4 N–H and O–H groups in total. The fourth-order valence-corrected chi connectivity index (χ4v) is 2.44. The Balaban J connectivity index is 1.95. The average molecular weight is 340 g/mol. The molecule has 3 rings (SSSR count). The van der Waals surface area contributed by atoms with Gasteiger partial charge in [0.25, 0.3) is 0 Å². The smallest absolute Gasteiger partial charge is 0.335 e. The lowest BCUT2D eigenvalue weighted by atomic mass is 10.0. The Morgan fingerprint density at radius 1 is 1.00 bits per heavy atom. The van der Waals surface area contributed by atoms with E-state index in [1.54, 1.807) is 24.3 Å². The zero-order valence-corrected chi connectivity index (χ0v) is 13.0. The van der Waals surface area contributed by atoms with E-state index in [1.807, 2.05) is 0 Å². The number of nitrogens with one attached hydrogen (secondary N) is 1. The Morgan fingerprint density at radius 3 is 2.52 bits per heavy atom. The van der Waals surface area contributed by atoms with Gasteiger partial charge in [-0.3, -0.25) is 0 Å². The number of rotatable bonds is 4. The van der Waals surface area contributed by atoms with Crippen LogP contribution in [-0.4, -0.2) is 11.1 Å². The van der Waals surface area contributed by atoms with E-state index in [0.717, 1.165) is 6.07 Å². The lowest BCUT2D eigenvalue weighted by Crippen LogP contribution is -2.01. The molecule has 0 atom stereocenters. The highest BCUT2D eigenvalue weighted by molar-refractivity contribution is 5.91. The summed E-state index contributed by atoms with van der Waals surface area (Å²) in [6, 6.07) is 14.5. The Bertz CT molecular complexity index is 958. The maximum absolute atomic E-state index is 14.0. The van der Waals surface area contributed by atoms with Crippen LogP contribution in [-0.2, 0) is 0 Å². The highest BCUT2D eigenvalue weighted by atomic mass is 19.1. The van der Waals surface area contributed by atoms with E-state index in [0.29, 0.717) is 22.6 Å². The van der Waals surface area contributed by atoms with Crippen molar-refractivity contribution < 1.29 is 18.7 Å². The second kappa shape index (κ2) is 6.60. The van der Waals surface area contributed by atoms with Gasteiger partial charge in [-0.1, -0.05) is 12.1 Å². The summed E-state index contributed by atoms with van der Waals surface area (Å²) in [4.78, 5) is 11.1. The molecule has 0 radical (unpaired) electrons. The normalized spacial score (nSPS) is 10.5. The third-order valence-corrected chi connectivity index (χ3v) is 3.68. The first-order chi connectivity index (χ1) is 11.9. The number of hydrogen-bond donors (Lipinski definition) is 3. The summed E-state index contributed by atoms with van der Waals surface area (Å²) in [6.45, 7) is 0. The lowest BCUT2D eigenvalue weighted by molar-refractivity contribution is 0.0697. The number of carboxylic acid groups (broad SMARTS) is 1. The van der Waals surface area contributed by atoms with Crippen LogP contribution in [0.4, 0.5) is 25.8 Å². The minimum absolute atomic E-state index is 0.0948. The van der Waals surface area contributed by atoms with Crippen LogP contribution >= 0.6 is 0 Å². The van der Waals surface area contributed by atoms with Crippen molar-refractivity contribution in [3.8, 4) is 11.1 Å². The third-order valence-electron chi connectivity index (χ3n) is 3.68. The number of aromatic carboxylic acids is 1.